The van der Waals surface area contributed by atoms with Crippen LogP contribution in [0.3, 0.4) is 0 Å². The number of nitro benzene ring substituents is 1. The van der Waals surface area contributed by atoms with Crippen molar-refractivity contribution in [1.29, 1.82) is 0 Å². The number of nitrogens with zero attached hydrogens (tertiary/aromatic N) is 3. The first-order chi connectivity index (χ1) is 13.9. The molecule has 3 rings (SSSR count). The van der Waals surface area contributed by atoms with Crippen LogP contribution in [0.15, 0.2) is 47.3 Å². The van der Waals surface area contributed by atoms with E-state index in [0.717, 1.165) is 11.3 Å². The Morgan fingerprint density at radius 3 is 2.66 bits per heavy atom. The predicted octanol–water partition coefficient (Wildman–Crippen LogP) is 2.43. The lowest BCUT2D eigenvalue weighted by atomic mass is 10.1. The van der Waals surface area contributed by atoms with Crippen LogP contribution in [0.5, 0.6) is 0 Å². The molecular weight excluding hydrogens is 374 g/mol. The number of non-ortho nitro benzene ring substituents is 1. The van der Waals surface area contributed by atoms with Gasteiger partial charge in [0.25, 0.3) is 11.2 Å². The van der Waals surface area contributed by atoms with E-state index in [1.54, 1.807) is 30.3 Å². The van der Waals surface area contributed by atoms with Gasteiger partial charge >= 0.3 is 0 Å². The molecule has 0 saturated carbocycles. The molecule has 3 aromatic rings. The second kappa shape index (κ2) is 8.22. The Balaban J connectivity index is 1.91. The molecule has 2 N–H and O–H groups in total. The van der Waals surface area contributed by atoms with Crippen LogP contribution in [-0.4, -0.2) is 27.3 Å². The zero-order chi connectivity index (χ0) is 21.0. The maximum absolute atomic E-state index is 12.4. The predicted molar refractivity (Wildman–Crippen MR) is 110 cm³/mol. The van der Waals surface area contributed by atoms with E-state index in [1.165, 1.54) is 19.1 Å². The van der Waals surface area contributed by atoms with Gasteiger partial charge in [-0.1, -0.05) is 12.0 Å². The van der Waals surface area contributed by atoms with Crippen molar-refractivity contribution in [2.75, 3.05) is 16.8 Å². The topological polar surface area (TPSA) is 121 Å². The largest absolute Gasteiger partial charge is 0.356 e. The van der Waals surface area contributed by atoms with Gasteiger partial charge in [-0.05, 0) is 29.8 Å². The molecule has 0 bridgehead atoms. The van der Waals surface area contributed by atoms with Crippen LogP contribution in [0.1, 0.15) is 12.5 Å². The molecule has 9 heteroatoms. The normalized spacial score (nSPS) is 10.3. The lowest BCUT2D eigenvalue weighted by molar-refractivity contribution is -0.384. The summed E-state index contributed by atoms with van der Waals surface area (Å²) in [5, 5.41) is 13.7. The molecule has 0 atom stereocenters. The summed E-state index contributed by atoms with van der Waals surface area (Å²) in [6, 6.07) is 11.3. The average molecular weight is 391 g/mol. The number of benzene rings is 2. The third-order valence-electron chi connectivity index (χ3n) is 4.15. The van der Waals surface area contributed by atoms with E-state index in [9.17, 15) is 19.7 Å². The molecule has 29 heavy (non-hydrogen) atoms. The number of amides is 1. The molecule has 0 unspecified atom stereocenters. The smallest absolute Gasteiger partial charge is 0.269 e. The van der Waals surface area contributed by atoms with E-state index < -0.39 is 4.92 Å². The summed E-state index contributed by atoms with van der Waals surface area (Å²) in [5.74, 6) is 2.32. The van der Waals surface area contributed by atoms with Gasteiger partial charge in [-0.25, -0.2) is 4.98 Å². The highest BCUT2D eigenvalue weighted by Crippen LogP contribution is 2.22. The monoisotopic (exact) mass is 391 g/mol. The van der Waals surface area contributed by atoms with Gasteiger partial charge in [0.05, 0.1) is 22.4 Å². The van der Waals surface area contributed by atoms with Crippen LogP contribution in [0.4, 0.5) is 17.3 Å². The minimum absolute atomic E-state index is 0.00676. The van der Waals surface area contributed by atoms with E-state index in [2.05, 4.69) is 21.2 Å². The quantitative estimate of drug-likeness (QED) is 0.378. The summed E-state index contributed by atoms with van der Waals surface area (Å²) in [7, 11) is 0. The van der Waals surface area contributed by atoms with Crippen molar-refractivity contribution < 1.29 is 9.72 Å². The van der Waals surface area contributed by atoms with Gasteiger partial charge in [0.15, 0.2) is 0 Å². The van der Waals surface area contributed by atoms with E-state index in [1.807, 2.05) is 4.90 Å². The molecule has 9 nitrogen and oxygen atoms in total. The number of H-pyrrole nitrogens is 1. The van der Waals surface area contributed by atoms with Crippen LogP contribution in [0.25, 0.3) is 10.9 Å². The van der Waals surface area contributed by atoms with Crippen molar-refractivity contribution in [1.82, 2.24) is 9.97 Å². The zero-order valence-corrected chi connectivity index (χ0v) is 15.5. The molecule has 0 fully saturated rings. The molecule has 0 spiro atoms. The average Bonchev–Trinajstić information content (AvgIpc) is 2.67. The van der Waals surface area contributed by atoms with Gasteiger partial charge in [-0.2, -0.15) is 0 Å². The first-order valence-electron chi connectivity index (χ1n) is 8.61. The number of anilines is 2. The summed E-state index contributed by atoms with van der Waals surface area (Å²) >= 11 is 0. The molecule has 0 radical (unpaired) electrons. The van der Waals surface area contributed by atoms with E-state index in [0.29, 0.717) is 17.4 Å². The molecule has 146 valence electrons. The Labute approximate surface area is 165 Å². The maximum atomic E-state index is 12.4. The molecule has 0 aliphatic carbocycles. The number of hydrogen-bond acceptors (Lipinski definition) is 6. The number of nitro groups is 1. The van der Waals surface area contributed by atoms with Gasteiger partial charge < -0.3 is 4.90 Å². The Kier molecular flexibility index (Phi) is 5.55. The van der Waals surface area contributed by atoms with Gasteiger partial charge in [0.1, 0.15) is 0 Å². The number of carbonyl (C=O) groups is 1. The first-order valence-corrected chi connectivity index (χ1v) is 8.61. The summed E-state index contributed by atoms with van der Waals surface area (Å²) in [6.45, 7) is 2.00. The number of aromatic amines is 1. The number of terminal acetylenes is 1. The molecule has 0 aliphatic rings. The molecule has 0 aliphatic heterocycles. The highest BCUT2D eigenvalue weighted by atomic mass is 16.6. The van der Waals surface area contributed by atoms with Gasteiger partial charge in [-0.3, -0.25) is 30.0 Å². The van der Waals surface area contributed by atoms with Crippen molar-refractivity contribution in [3.05, 3.63) is 68.5 Å². The first kappa shape index (κ1) is 19.6. The second-order valence-electron chi connectivity index (χ2n) is 6.28. The van der Waals surface area contributed by atoms with E-state index in [4.69, 9.17) is 6.42 Å². The lowest BCUT2D eigenvalue weighted by Crippen LogP contribution is -2.23. The highest BCUT2D eigenvalue weighted by molar-refractivity contribution is 5.88. The summed E-state index contributed by atoms with van der Waals surface area (Å²) in [5.41, 5.74) is 1.60. The molecule has 1 aromatic heterocycles. The van der Waals surface area contributed by atoms with Crippen molar-refractivity contribution in [2.45, 2.75) is 13.5 Å². The molecule has 1 heterocycles. The molecule has 0 saturated heterocycles. The Morgan fingerprint density at radius 2 is 2.03 bits per heavy atom. The number of hydrogen-bond donors (Lipinski definition) is 2. The molecular formula is C20H17N5O4. The Morgan fingerprint density at radius 1 is 1.31 bits per heavy atom. The van der Waals surface area contributed by atoms with E-state index >= 15 is 0 Å². The third-order valence-corrected chi connectivity index (χ3v) is 4.15. The summed E-state index contributed by atoms with van der Waals surface area (Å²) in [4.78, 5) is 42.5. The summed E-state index contributed by atoms with van der Waals surface area (Å²) < 4.78 is 0. The fraction of sp³-hybridized carbons (Fsp3) is 0.150. The number of aromatic nitrogens is 2. The number of nitrogens with one attached hydrogen (secondary N) is 2. The fourth-order valence-corrected chi connectivity index (χ4v) is 2.86. The second-order valence-corrected chi connectivity index (χ2v) is 6.28. The van der Waals surface area contributed by atoms with Crippen molar-refractivity contribution in [2.24, 2.45) is 0 Å². The van der Waals surface area contributed by atoms with Crippen molar-refractivity contribution in [3.8, 4) is 12.3 Å². The Bertz CT molecular complexity index is 1180. The van der Waals surface area contributed by atoms with Crippen molar-refractivity contribution in [3.63, 3.8) is 0 Å². The minimum atomic E-state index is -0.465. The number of rotatable bonds is 6. The SMILES string of the molecule is C#CCN(Cc1ccc2nc(NC(C)=O)[nH]c(=O)c2c1)c1ccc([N+](=O)[O-])cc1. The van der Waals surface area contributed by atoms with Crippen molar-refractivity contribution >= 4 is 34.1 Å². The zero-order valence-electron chi connectivity index (χ0n) is 15.5. The van der Waals surface area contributed by atoms with Crippen LogP contribution in [0, 0.1) is 22.5 Å². The molecule has 2 aromatic carbocycles. The maximum Gasteiger partial charge on any atom is 0.269 e. The fourth-order valence-electron chi connectivity index (χ4n) is 2.86. The molecule has 1 amide bonds. The van der Waals surface area contributed by atoms with Gasteiger partial charge in [-0.15, -0.1) is 6.42 Å². The summed E-state index contributed by atoms with van der Waals surface area (Å²) in [6.07, 6.45) is 5.47. The van der Waals surface area contributed by atoms with Crippen LogP contribution >= 0.6 is 0 Å². The van der Waals surface area contributed by atoms with Crippen LogP contribution in [-0.2, 0) is 11.3 Å². The highest BCUT2D eigenvalue weighted by Gasteiger charge is 2.12. The van der Waals surface area contributed by atoms with Crippen LogP contribution < -0.4 is 15.8 Å². The Hall–Kier alpha value is -4.19. The van der Waals surface area contributed by atoms with Crippen LogP contribution in [0.2, 0.25) is 0 Å². The third kappa shape index (κ3) is 4.56. The van der Waals surface area contributed by atoms with E-state index in [-0.39, 0.29) is 29.6 Å². The van der Waals surface area contributed by atoms with Gasteiger partial charge in [0.2, 0.25) is 11.9 Å². The lowest BCUT2D eigenvalue weighted by Gasteiger charge is -2.22. The van der Waals surface area contributed by atoms with Gasteiger partial charge in [0, 0.05) is 31.3 Å². The number of carbonyl (C=O) groups excluding carboxylic acids is 1. The minimum Gasteiger partial charge on any atom is -0.356 e. The number of fused-ring (bicyclic) bond motifs is 1. The standard InChI is InChI=1S/C20H17N5O4/c1-3-10-24(15-5-7-16(8-6-15)25(28)29)12-14-4-9-18-17(11-14)19(27)23-20(22-18)21-13(2)26/h1,4-9,11H,10,12H2,2H3,(H2,21,22,23,26,27).